The summed E-state index contributed by atoms with van der Waals surface area (Å²) in [5.41, 5.74) is -0.0875. The Hall–Kier alpha value is -2.08. The zero-order valence-corrected chi connectivity index (χ0v) is 14.1. The average Bonchev–Trinajstić information content (AvgIpc) is 3.20. The van der Waals surface area contributed by atoms with Gasteiger partial charge in [0, 0.05) is 31.7 Å². The molecule has 0 N–H and O–H groups in total. The van der Waals surface area contributed by atoms with E-state index in [0.717, 1.165) is 6.42 Å². The molecule has 0 radical (unpaired) electrons. The molecule has 2 aromatic rings. The highest BCUT2D eigenvalue weighted by molar-refractivity contribution is 5.93. The van der Waals surface area contributed by atoms with Gasteiger partial charge >= 0.3 is 0 Å². The van der Waals surface area contributed by atoms with Crippen molar-refractivity contribution in [3.05, 3.63) is 30.2 Å². The molecular formula is C17H22N2O4. The van der Waals surface area contributed by atoms with Crippen LogP contribution in [0.2, 0.25) is 0 Å². The Balaban J connectivity index is 1.77. The molecule has 1 fully saturated rings. The second kappa shape index (κ2) is 5.23. The van der Waals surface area contributed by atoms with E-state index in [2.05, 4.69) is 25.9 Å². The maximum atomic E-state index is 12.7. The first-order chi connectivity index (χ1) is 10.8. The third kappa shape index (κ3) is 2.28. The van der Waals surface area contributed by atoms with Gasteiger partial charge in [-0.2, -0.15) is 0 Å². The fourth-order valence-corrected chi connectivity index (χ4v) is 3.31. The first-order valence-corrected chi connectivity index (χ1v) is 7.63. The van der Waals surface area contributed by atoms with Gasteiger partial charge in [-0.05, 0) is 25.5 Å². The molecule has 1 aliphatic rings. The lowest BCUT2D eigenvalue weighted by molar-refractivity contribution is -0.198. The first kappa shape index (κ1) is 15.8. The van der Waals surface area contributed by atoms with E-state index in [-0.39, 0.29) is 28.7 Å². The van der Waals surface area contributed by atoms with E-state index in [9.17, 15) is 4.79 Å². The van der Waals surface area contributed by atoms with Crippen molar-refractivity contribution in [2.75, 3.05) is 14.2 Å². The van der Waals surface area contributed by atoms with Crippen LogP contribution in [0.25, 0.3) is 11.5 Å². The predicted octanol–water partition coefficient (Wildman–Crippen LogP) is 3.21. The molecule has 23 heavy (non-hydrogen) atoms. The van der Waals surface area contributed by atoms with Gasteiger partial charge in [-0.1, -0.05) is 19.0 Å². The van der Waals surface area contributed by atoms with Crippen LogP contribution in [-0.4, -0.2) is 41.8 Å². The summed E-state index contributed by atoms with van der Waals surface area (Å²) in [6.45, 7) is 6.31. The normalized spacial score (nSPS) is 25.9. The fraction of sp³-hybridized carbons (Fsp3) is 0.529. The van der Waals surface area contributed by atoms with Crippen LogP contribution in [0.15, 0.2) is 33.4 Å². The van der Waals surface area contributed by atoms with Crippen molar-refractivity contribution in [3.8, 4) is 11.5 Å². The molecule has 1 aliphatic carbocycles. The van der Waals surface area contributed by atoms with E-state index in [1.807, 2.05) is 0 Å². The maximum absolute atomic E-state index is 12.7. The molecule has 0 aromatic carbocycles. The van der Waals surface area contributed by atoms with E-state index in [1.165, 1.54) is 0 Å². The molecule has 2 aromatic heterocycles. The van der Waals surface area contributed by atoms with Gasteiger partial charge in [0.25, 0.3) is 5.91 Å². The first-order valence-electron chi connectivity index (χ1n) is 7.63. The van der Waals surface area contributed by atoms with Crippen LogP contribution < -0.4 is 0 Å². The van der Waals surface area contributed by atoms with Gasteiger partial charge < -0.3 is 18.6 Å². The molecule has 3 rings (SSSR count). The van der Waals surface area contributed by atoms with Crippen LogP contribution in [0.5, 0.6) is 0 Å². The van der Waals surface area contributed by atoms with Crippen LogP contribution in [-0.2, 0) is 4.74 Å². The Morgan fingerprint density at radius 3 is 2.70 bits per heavy atom. The minimum Gasteiger partial charge on any atom is -0.461 e. The van der Waals surface area contributed by atoms with E-state index in [1.54, 1.807) is 43.5 Å². The summed E-state index contributed by atoms with van der Waals surface area (Å²) >= 11 is 0. The van der Waals surface area contributed by atoms with Gasteiger partial charge in [-0.3, -0.25) is 4.79 Å². The molecule has 2 heterocycles. The van der Waals surface area contributed by atoms with Gasteiger partial charge in [-0.25, -0.2) is 0 Å². The van der Waals surface area contributed by atoms with Crippen molar-refractivity contribution in [2.45, 2.75) is 38.8 Å². The van der Waals surface area contributed by atoms with E-state index in [0.29, 0.717) is 11.5 Å². The monoisotopic (exact) mass is 318 g/mol. The van der Waals surface area contributed by atoms with Crippen LogP contribution in [0.4, 0.5) is 0 Å². The number of carbonyl (C=O) groups is 1. The summed E-state index contributed by atoms with van der Waals surface area (Å²) in [4.78, 5) is 14.4. The van der Waals surface area contributed by atoms with E-state index < -0.39 is 0 Å². The largest absolute Gasteiger partial charge is 0.461 e. The summed E-state index contributed by atoms with van der Waals surface area (Å²) in [6, 6.07) is 5.22. The highest BCUT2D eigenvalue weighted by Crippen LogP contribution is 2.53. The zero-order valence-electron chi connectivity index (χ0n) is 14.1. The Morgan fingerprint density at radius 1 is 1.39 bits per heavy atom. The number of hydrogen-bond donors (Lipinski definition) is 0. The molecule has 1 saturated carbocycles. The fourth-order valence-electron chi connectivity index (χ4n) is 3.31. The van der Waals surface area contributed by atoms with E-state index in [4.69, 9.17) is 13.7 Å². The third-order valence-corrected chi connectivity index (χ3v) is 5.51. The molecule has 0 aliphatic heterocycles. The highest BCUT2D eigenvalue weighted by atomic mass is 16.5. The van der Waals surface area contributed by atoms with Crippen LogP contribution in [0.3, 0.4) is 0 Å². The Morgan fingerprint density at radius 2 is 2.13 bits per heavy atom. The maximum Gasteiger partial charge on any atom is 0.276 e. The molecule has 124 valence electrons. The smallest absolute Gasteiger partial charge is 0.276 e. The molecule has 0 saturated heterocycles. The van der Waals surface area contributed by atoms with Crippen LogP contribution >= 0.6 is 0 Å². The number of amides is 1. The lowest BCUT2D eigenvalue weighted by Crippen LogP contribution is -2.68. The summed E-state index contributed by atoms with van der Waals surface area (Å²) < 4.78 is 16.1. The second-order valence-corrected chi connectivity index (χ2v) is 6.85. The second-order valence-electron chi connectivity index (χ2n) is 6.85. The van der Waals surface area contributed by atoms with Crippen LogP contribution in [0.1, 0.15) is 37.7 Å². The number of rotatable bonds is 4. The molecule has 1 amide bonds. The summed E-state index contributed by atoms with van der Waals surface area (Å²) in [7, 11) is 3.51. The zero-order chi connectivity index (χ0) is 16.8. The highest BCUT2D eigenvalue weighted by Gasteiger charge is 2.60. The lowest BCUT2D eigenvalue weighted by Gasteiger charge is -2.61. The SMILES string of the molecule is COC1(C)CC(N(C)C(=O)c2cc(-c3ccco3)on2)C1(C)C. The Kier molecular flexibility index (Phi) is 3.59. The van der Waals surface area contributed by atoms with Crippen molar-refractivity contribution >= 4 is 5.91 Å². The number of furan rings is 1. The van der Waals surface area contributed by atoms with Crippen LogP contribution in [0, 0.1) is 5.41 Å². The topological polar surface area (TPSA) is 68.7 Å². The number of ether oxygens (including phenoxy) is 1. The van der Waals surface area contributed by atoms with Crippen molar-refractivity contribution in [1.82, 2.24) is 10.1 Å². The molecule has 2 atom stereocenters. The number of carbonyl (C=O) groups excluding carboxylic acids is 1. The number of hydrogen-bond acceptors (Lipinski definition) is 5. The Bertz CT molecular complexity index is 704. The van der Waals surface area contributed by atoms with Crippen molar-refractivity contribution < 1.29 is 18.5 Å². The summed E-state index contributed by atoms with van der Waals surface area (Å²) in [5, 5.41) is 3.88. The average molecular weight is 318 g/mol. The van der Waals surface area contributed by atoms with Crippen molar-refractivity contribution in [1.29, 1.82) is 0 Å². The van der Waals surface area contributed by atoms with Crippen molar-refractivity contribution in [2.24, 2.45) is 5.41 Å². The lowest BCUT2D eigenvalue weighted by atomic mass is 9.55. The molecule has 0 bridgehead atoms. The summed E-state index contributed by atoms with van der Waals surface area (Å²) in [6.07, 6.45) is 2.34. The molecule has 6 nitrogen and oxygen atoms in total. The predicted molar refractivity (Wildman–Crippen MR) is 83.9 cm³/mol. The Labute approximate surface area is 135 Å². The van der Waals surface area contributed by atoms with Gasteiger partial charge in [0.05, 0.1) is 11.9 Å². The minimum atomic E-state index is -0.227. The molecule has 6 heteroatoms. The molecule has 2 unspecified atom stereocenters. The van der Waals surface area contributed by atoms with E-state index >= 15 is 0 Å². The van der Waals surface area contributed by atoms with Gasteiger partial charge in [0.2, 0.25) is 5.76 Å². The van der Waals surface area contributed by atoms with Gasteiger partial charge in [0.15, 0.2) is 11.5 Å². The number of methoxy groups -OCH3 is 1. The summed E-state index contributed by atoms with van der Waals surface area (Å²) in [5.74, 6) is 0.833. The minimum absolute atomic E-state index is 0.0868. The molecule has 0 spiro atoms. The van der Waals surface area contributed by atoms with Crippen molar-refractivity contribution in [3.63, 3.8) is 0 Å². The van der Waals surface area contributed by atoms with Gasteiger partial charge in [0.1, 0.15) is 0 Å². The number of aromatic nitrogens is 1. The van der Waals surface area contributed by atoms with Gasteiger partial charge in [-0.15, -0.1) is 0 Å². The number of nitrogens with zero attached hydrogens (tertiary/aromatic N) is 2. The molecular weight excluding hydrogens is 296 g/mol. The standard InChI is InChI=1S/C17H22N2O4/c1-16(2)14(10-17(16,3)21-5)19(4)15(20)11-9-13(23-18-11)12-7-6-8-22-12/h6-9,14H,10H2,1-5H3. The quantitative estimate of drug-likeness (QED) is 0.866. The third-order valence-electron chi connectivity index (χ3n) is 5.51.